The van der Waals surface area contributed by atoms with Crippen LogP contribution in [0.5, 0.6) is 11.5 Å². The van der Waals surface area contributed by atoms with Gasteiger partial charge in [-0.25, -0.2) is 4.79 Å². The van der Waals surface area contributed by atoms with Crippen LogP contribution in [0.1, 0.15) is 30.1 Å². The smallest absolute Gasteiger partial charge is 0.342 e. The highest BCUT2D eigenvalue weighted by molar-refractivity contribution is 5.94. The summed E-state index contributed by atoms with van der Waals surface area (Å²) >= 11 is 0. The Bertz CT molecular complexity index is 418. The van der Waals surface area contributed by atoms with Crippen LogP contribution in [0, 0.1) is 0 Å². The first-order chi connectivity index (χ1) is 8.63. The molecule has 1 aromatic carbocycles. The molecule has 0 saturated carbocycles. The average molecular weight is 253 g/mol. The maximum absolute atomic E-state index is 11.9. The molecule has 0 bridgehead atoms. The molecule has 0 heterocycles. The van der Waals surface area contributed by atoms with Gasteiger partial charge in [0.2, 0.25) is 0 Å². The summed E-state index contributed by atoms with van der Waals surface area (Å²) in [5, 5.41) is 0. The maximum Gasteiger partial charge on any atom is 0.342 e. The molecule has 0 aliphatic heterocycles. The zero-order chi connectivity index (χ0) is 13.5. The van der Waals surface area contributed by atoms with Crippen molar-refractivity contribution in [2.24, 2.45) is 0 Å². The van der Waals surface area contributed by atoms with Gasteiger partial charge in [0.1, 0.15) is 17.1 Å². The van der Waals surface area contributed by atoms with E-state index in [4.69, 9.17) is 19.9 Å². The van der Waals surface area contributed by atoms with E-state index >= 15 is 0 Å². The van der Waals surface area contributed by atoms with E-state index in [1.54, 1.807) is 6.07 Å². The summed E-state index contributed by atoms with van der Waals surface area (Å²) in [4.78, 5) is 11.9. The third-order valence-corrected chi connectivity index (χ3v) is 2.50. The minimum atomic E-state index is -0.432. The summed E-state index contributed by atoms with van der Waals surface area (Å²) < 4.78 is 15.3. The summed E-state index contributed by atoms with van der Waals surface area (Å²) in [6, 6.07) is 3.08. The summed E-state index contributed by atoms with van der Waals surface area (Å²) in [6.07, 6.45) is 1.80. The normalized spacial score (nSPS) is 9.94. The highest BCUT2D eigenvalue weighted by atomic mass is 16.5. The third kappa shape index (κ3) is 3.29. The van der Waals surface area contributed by atoms with E-state index in [1.807, 2.05) is 6.92 Å². The van der Waals surface area contributed by atoms with Crippen molar-refractivity contribution in [2.45, 2.75) is 19.8 Å². The van der Waals surface area contributed by atoms with Crippen molar-refractivity contribution in [3.63, 3.8) is 0 Å². The van der Waals surface area contributed by atoms with Crippen LogP contribution in [-0.2, 0) is 4.74 Å². The van der Waals surface area contributed by atoms with Gasteiger partial charge < -0.3 is 19.9 Å². The molecule has 0 amide bonds. The number of rotatable bonds is 6. The van der Waals surface area contributed by atoms with Crippen LogP contribution in [0.15, 0.2) is 12.1 Å². The largest absolute Gasteiger partial charge is 0.496 e. The van der Waals surface area contributed by atoms with Crippen LogP contribution in [0.25, 0.3) is 0 Å². The fourth-order valence-corrected chi connectivity index (χ4v) is 1.47. The highest BCUT2D eigenvalue weighted by Gasteiger charge is 2.17. The molecule has 1 aromatic rings. The number of hydrogen-bond donors (Lipinski definition) is 1. The van der Waals surface area contributed by atoms with Crippen LogP contribution in [0.4, 0.5) is 5.69 Å². The molecule has 0 fully saturated rings. The van der Waals surface area contributed by atoms with Gasteiger partial charge in [0.05, 0.1) is 26.5 Å². The van der Waals surface area contributed by atoms with E-state index < -0.39 is 5.97 Å². The van der Waals surface area contributed by atoms with Gasteiger partial charge in [-0.2, -0.15) is 0 Å². The third-order valence-electron chi connectivity index (χ3n) is 2.50. The number of benzene rings is 1. The summed E-state index contributed by atoms with van der Waals surface area (Å²) in [6.45, 7) is 2.42. The molecule has 5 heteroatoms. The molecular weight excluding hydrogens is 234 g/mol. The number of nitrogen functional groups attached to an aromatic ring is 1. The quantitative estimate of drug-likeness (QED) is 0.478. The Morgan fingerprint density at radius 2 is 1.89 bits per heavy atom. The summed E-state index contributed by atoms with van der Waals surface area (Å²) in [5.41, 5.74) is 6.48. The van der Waals surface area contributed by atoms with E-state index in [0.717, 1.165) is 12.8 Å². The first-order valence-corrected chi connectivity index (χ1v) is 5.82. The second-order valence-electron chi connectivity index (χ2n) is 3.78. The summed E-state index contributed by atoms with van der Waals surface area (Å²) in [7, 11) is 2.97. The lowest BCUT2D eigenvalue weighted by molar-refractivity contribution is 0.0496. The number of methoxy groups -OCH3 is 2. The molecule has 0 aliphatic rings. The van der Waals surface area contributed by atoms with Crippen molar-refractivity contribution in [1.82, 2.24) is 0 Å². The number of hydrogen-bond acceptors (Lipinski definition) is 5. The molecule has 2 N–H and O–H groups in total. The van der Waals surface area contributed by atoms with Crippen molar-refractivity contribution in [3.05, 3.63) is 17.7 Å². The second-order valence-corrected chi connectivity index (χ2v) is 3.78. The number of nitrogens with two attached hydrogens (primary N) is 1. The van der Waals surface area contributed by atoms with Crippen molar-refractivity contribution in [2.75, 3.05) is 26.6 Å². The Hall–Kier alpha value is -1.91. The van der Waals surface area contributed by atoms with Gasteiger partial charge in [-0.15, -0.1) is 0 Å². The fraction of sp³-hybridized carbons (Fsp3) is 0.462. The predicted molar refractivity (Wildman–Crippen MR) is 69.1 cm³/mol. The highest BCUT2D eigenvalue weighted by Crippen LogP contribution is 2.31. The van der Waals surface area contributed by atoms with Crippen LogP contribution >= 0.6 is 0 Å². The molecule has 5 nitrogen and oxygen atoms in total. The van der Waals surface area contributed by atoms with E-state index in [1.165, 1.54) is 20.3 Å². The van der Waals surface area contributed by atoms with Gasteiger partial charge >= 0.3 is 5.97 Å². The standard InChI is InChI=1S/C13H19NO4/c1-4-5-6-18-13(15)9-7-12(17-3)10(14)8-11(9)16-2/h7-8H,4-6,14H2,1-3H3. The first kappa shape index (κ1) is 14.2. The Morgan fingerprint density at radius 3 is 2.44 bits per heavy atom. The van der Waals surface area contributed by atoms with Crippen LogP contribution < -0.4 is 15.2 Å². The molecule has 0 aliphatic carbocycles. The van der Waals surface area contributed by atoms with Crippen molar-refractivity contribution in [3.8, 4) is 11.5 Å². The first-order valence-electron chi connectivity index (χ1n) is 5.82. The summed E-state index contributed by atoms with van der Waals surface area (Å²) in [5.74, 6) is 0.381. The molecule has 0 saturated heterocycles. The maximum atomic E-state index is 11.9. The van der Waals surface area contributed by atoms with Crippen LogP contribution in [0.2, 0.25) is 0 Å². The van der Waals surface area contributed by atoms with Gasteiger partial charge in [-0.1, -0.05) is 13.3 Å². The fourth-order valence-electron chi connectivity index (χ4n) is 1.47. The number of ether oxygens (including phenoxy) is 3. The van der Waals surface area contributed by atoms with Gasteiger partial charge in [0.25, 0.3) is 0 Å². The van der Waals surface area contributed by atoms with Crippen LogP contribution in [0.3, 0.4) is 0 Å². The van der Waals surface area contributed by atoms with E-state index in [0.29, 0.717) is 29.4 Å². The lowest BCUT2D eigenvalue weighted by Gasteiger charge is -2.12. The molecule has 0 atom stereocenters. The Kier molecular flexibility index (Phi) is 5.30. The molecule has 18 heavy (non-hydrogen) atoms. The molecule has 0 radical (unpaired) electrons. The zero-order valence-corrected chi connectivity index (χ0v) is 11.0. The Balaban J connectivity index is 2.94. The van der Waals surface area contributed by atoms with E-state index in [2.05, 4.69) is 0 Å². The van der Waals surface area contributed by atoms with Crippen molar-refractivity contribution < 1.29 is 19.0 Å². The monoisotopic (exact) mass is 253 g/mol. The average Bonchev–Trinajstić information content (AvgIpc) is 2.38. The Morgan fingerprint density at radius 1 is 1.22 bits per heavy atom. The lowest BCUT2D eigenvalue weighted by Crippen LogP contribution is -2.09. The number of unbranched alkanes of at least 4 members (excludes halogenated alkanes) is 1. The van der Waals surface area contributed by atoms with Gasteiger partial charge in [-0.05, 0) is 6.42 Å². The molecular formula is C13H19NO4. The Labute approximate surface area is 107 Å². The minimum Gasteiger partial charge on any atom is -0.496 e. The molecule has 0 unspecified atom stereocenters. The van der Waals surface area contributed by atoms with E-state index in [-0.39, 0.29) is 0 Å². The molecule has 1 rings (SSSR count). The number of carbonyl (C=O) groups is 1. The number of anilines is 1. The number of esters is 1. The predicted octanol–water partition coefficient (Wildman–Crippen LogP) is 2.24. The van der Waals surface area contributed by atoms with Crippen molar-refractivity contribution >= 4 is 11.7 Å². The lowest BCUT2D eigenvalue weighted by atomic mass is 10.1. The molecule has 0 aromatic heterocycles. The minimum absolute atomic E-state index is 0.319. The van der Waals surface area contributed by atoms with Gasteiger partial charge in [0, 0.05) is 12.1 Å². The second kappa shape index (κ2) is 6.74. The molecule has 100 valence electrons. The zero-order valence-electron chi connectivity index (χ0n) is 11.0. The topological polar surface area (TPSA) is 70.8 Å². The van der Waals surface area contributed by atoms with Crippen molar-refractivity contribution in [1.29, 1.82) is 0 Å². The molecule has 0 spiro atoms. The van der Waals surface area contributed by atoms with Gasteiger partial charge in [-0.3, -0.25) is 0 Å². The van der Waals surface area contributed by atoms with Crippen LogP contribution in [-0.4, -0.2) is 26.8 Å². The van der Waals surface area contributed by atoms with Gasteiger partial charge in [0.15, 0.2) is 0 Å². The number of carbonyl (C=O) groups excluding carboxylic acids is 1. The van der Waals surface area contributed by atoms with E-state index in [9.17, 15) is 4.79 Å². The SMILES string of the molecule is CCCCOC(=O)c1cc(OC)c(N)cc1OC.